The number of hydrogen-bond acceptors (Lipinski definition) is 3. The zero-order chi connectivity index (χ0) is 14.6. The highest BCUT2D eigenvalue weighted by atomic mass is 32.2. The molecule has 2 rings (SSSR count). The average molecular weight is 284 g/mol. The molecule has 0 aliphatic carbocycles. The van der Waals surface area contributed by atoms with E-state index < -0.39 is 10.0 Å². The number of sulfonamides is 1. The van der Waals surface area contributed by atoms with Gasteiger partial charge in [0, 0.05) is 6.21 Å². The smallest absolute Gasteiger partial charge is 0.199 e. The molecule has 0 aromatic heterocycles. The van der Waals surface area contributed by atoms with E-state index in [-0.39, 0.29) is 4.90 Å². The summed E-state index contributed by atoms with van der Waals surface area (Å²) in [5.41, 5.74) is 2.13. The Morgan fingerprint density at radius 1 is 1.05 bits per heavy atom. The van der Waals surface area contributed by atoms with Crippen LogP contribution in [0.2, 0.25) is 0 Å². The predicted octanol–water partition coefficient (Wildman–Crippen LogP) is 2.67. The Bertz CT molecular complexity index is 768. The van der Waals surface area contributed by atoms with Crippen LogP contribution < -0.4 is 0 Å². The third-order valence-corrected chi connectivity index (χ3v) is 3.95. The number of nitrogens with zero attached hydrogens (tertiary/aromatic N) is 2. The van der Waals surface area contributed by atoms with Crippen molar-refractivity contribution in [3.63, 3.8) is 0 Å². The fourth-order valence-electron chi connectivity index (χ4n) is 1.55. The van der Waals surface area contributed by atoms with Crippen molar-refractivity contribution < 1.29 is 8.42 Å². The summed E-state index contributed by atoms with van der Waals surface area (Å²) in [7, 11) is -3.69. The largest absolute Gasteiger partial charge is 0.282 e. The molecule has 0 aliphatic rings. The zero-order valence-electron chi connectivity index (χ0n) is 10.8. The average Bonchev–Trinajstić information content (AvgIpc) is 2.46. The van der Waals surface area contributed by atoms with Crippen LogP contribution in [-0.2, 0) is 10.0 Å². The number of rotatable bonds is 3. The van der Waals surface area contributed by atoms with Crippen LogP contribution in [0.25, 0.3) is 0 Å². The van der Waals surface area contributed by atoms with Crippen molar-refractivity contribution in [1.29, 1.82) is 5.26 Å². The van der Waals surface area contributed by atoms with Crippen LogP contribution in [0.1, 0.15) is 16.7 Å². The first-order chi connectivity index (χ1) is 9.51. The molecule has 0 heterocycles. The second-order valence-electron chi connectivity index (χ2n) is 4.26. The first-order valence-corrected chi connectivity index (χ1v) is 7.32. The summed E-state index contributed by atoms with van der Waals surface area (Å²) in [6.07, 6.45) is 1.27. The van der Waals surface area contributed by atoms with Gasteiger partial charge in [-0.25, -0.2) is 0 Å². The highest BCUT2D eigenvalue weighted by Crippen LogP contribution is 2.13. The summed E-state index contributed by atoms with van der Waals surface area (Å²) in [5, 5.41) is 8.68. The molecule has 0 fully saturated rings. The molecular formula is C15H12N2O2S. The van der Waals surface area contributed by atoms with Crippen molar-refractivity contribution in [1.82, 2.24) is 0 Å². The number of benzene rings is 2. The molecule has 0 atom stereocenters. The molecule has 0 radical (unpaired) electrons. The van der Waals surface area contributed by atoms with Gasteiger partial charge in [-0.1, -0.05) is 29.8 Å². The van der Waals surface area contributed by atoms with E-state index in [1.165, 1.54) is 18.3 Å². The quantitative estimate of drug-likeness (QED) is 0.813. The molecule has 0 N–H and O–H groups in total. The van der Waals surface area contributed by atoms with E-state index in [1.807, 2.05) is 13.0 Å². The summed E-state index contributed by atoms with van der Waals surface area (Å²) in [6.45, 7) is 1.89. The Kier molecular flexibility index (Phi) is 3.97. The Morgan fingerprint density at radius 3 is 2.20 bits per heavy atom. The minimum Gasteiger partial charge on any atom is -0.199 e. The lowest BCUT2D eigenvalue weighted by atomic mass is 10.2. The molecule has 0 unspecified atom stereocenters. The Morgan fingerprint density at radius 2 is 1.65 bits per heavy atom. The van der Waals surface area contributed by atoms with Gasteiger partial charge in [-0.05, 0) is 36.8 Å². The van der Waals surface area contributed by atoms with Gasteiger partial charge in [0.1, 0.15) is 0 Å². The number of aryl methyl sites for hydroxylation is 1. The third-order valence-electron chi connectivity index (χ3n) is 2.70. The van der Waals surface area contributed by atoms with Gasteiger partial charge in [0.05, 0.1) is 16.5 Å². The second-order valence-corrected chi connectivity index (χ2v) is 5.89. The highest BCUT2D eigenvalue weighted by Gasteiger charge is 2.10. The maximum Gasteiger partial charge on any atom is 0.282 e. The van der Waals surface area contributed by atoms with Gasteiger partial charge in [-0.15, -0.1) is 0 Å². The molecule has 2 aromatic carbocycles. The molecule has 0 saturated heterocycles. The summed E-state index contributed by atoms with van der Waals surface area (Å²) < 4.78 is 27.6. The first-order valence-electron chi connectivity index (χ1n) is 5.88. The maximum atomic E-state index is 12.0. The maximum absolute atomic E-state index is 12.0. The van der Waals surface area contributed by atoms with Crippen LogP contribution in [0, 0.1) is 18.3 Å². The fraction of sp³-hybridized carbons (Fsp3) is 0.0667. The van der Waals surface area contributed by atoms with Gasteiger partial charge >= 0.3 is 0 Å². The van der Waals surface area contributed by atoms with Gasteiger partial charge in [0.15, 0.2) is 0 Å². The minimum atomic E-state index is -3.69. The molecule has 0 saturated carbocycles. The van der Waals surface area contributed by atoms with Crippen LogP contribution in [0.3, 0.4) is 0 Å². The van der Waals surface area contributed by atoms with Gasteiger partial charge < -0.3 is 0 Å². The highest BCUT2D eigenvalue weighted by molar-refractivity contribution is 7.90. The lowest BCUT2D eigenvalue weighted by Gasteiger charge is -1.99. The normalized spacial score (nSPS) is 11.4. The van der Waals surface area contributed by atoms with Gasteiger partial charge in [-0.2, -0.15) is 18.1 Å². The van der Waals surface area contributed by atoms with Crippen molar-refractivity contribution in [3.8, 4) is 6.07 Å². The van der Waals surface area contributed by atoms with Crippen molar-refractivity contribution in [2.45, 2.75) is 11.8 Å². The predicted molar refractivity (Wildman–Crippen MR) is 77.1 cm³/mol. The first kappa shape index (κ1) is 14.0. The molecule has 20 heavy (non-hydrogen) atoms. The number of nitriles is 1. The summed E-state index contributed by atoms with van der Waals surface area (Å²) in [4.78, 5) is 0.160. The van der Waals surface area contributed by atoms with E-state index in [0.717, 1.165) is 5.56 Å². The second kappa shape index (κ2) is 5.68. The standard InChI is InChI=1S/C15H12N2O2S/c1-12-2-8-15(9-3-12)20(18,19)17-11-14-6-4-13(10-16)5-7-14/h2-9,11H,1H3/b17-11+. The van der Waals surface area contributed by atoms with Gasteiger partial charge in [-0.3, -0.25) is 0 Å². The van der Waals surface area contributed by atoms with E-state index in [9.17, 15) is 8.42 Å². The van der Waals surface area contributed by atoms with E-state index in [0.29, 0.717) is 11.1 Å². The van der Waals surface area contributed by atoms with E-state index in [4.69, 9.17) is 5.26 Å². The van der Waals surface area contributed by atoms with E-state index in [2.05, 4.69) is 4.40 Å². The van der Waals surface area contributed by atoms with Crippen LogP contribution in [0.15, 0.2) is 57.8 Å². The minimum absolute atomic E-state index is 0.160. The van der Waals surface area contributed by atoms with Crippen molar-refractivity contribution in [3.05, 3.63) is 65.2 Å². The molecule has 4 nitrogen and oxygen atoms in total. The number of hydrogen-bond donors (Lipinski definition) is 0. The molecule has 2 aromatic rings. The van der Waals surface area contributed by atoms with Crippen molar-refractivity contribution >= 4 is 16.2 Å². The molecule has 100 valence electrons. The van der Waals surface area contributed by atoms with Crippen LogP contribution in [0.5, 0.6) is 0 Å². The summed E-state index contributed by atoms with van der Waals surface area (Å²) >= 11 is 0. The van der Waals surface area contributed by atoms with Crippen LogP contribution >= 0.6 is 0 Å². The fourth-order valence-corrected chi connectivity index (χ4v) is 2.41. The van der Waals surface area contributed by atoms with Crippen molar-refractivity contribution in [2.24, 2.45) is 4.40 Å². The third kappa shape index (κ3) is 3.31. The molecular weight excluding hydrogens is 272 g/mol. The Hall–Kier alpha value is -2.45. The van der Waals surface area contributed by atoms with Crippen LogP contribution in [0.4, 0.5) is 0 Å². The van der Waals surface area contributed by atoms with Gasteiger partial charge in [0.25, 0.3) is 10.0 Å². The van der Waals surface area contributed by atoms with Crippen molar-refractivity contribution in [2.75, 3.05) is 0 Å². The zero-order valence-corrected chi connectivity index (χ0v) is 11.6. The van der Waals surface area contributed by atoms with Gasteiger partial charge in [0.2, 0.25) is 0 Å². The SMILES string of the molecule is Cc1ccc(S(=O)(=O)/N=C/c2ccc(C#N)cc2)cc1. The summed E-state index contributed by atoms with van der Waals surface area (Å²) in [5.74, 6) is 0. The Balaban J connectivity index is 2.25. The topological polar surface area (TPSA) is 70.3 Å². The van der Waals surface area contributed by atoms with Crippen LogP contribution in [-0.4, -0.2) is 14.6 Å². The monoisotopic (exact) mass is 284 g/mol. The molecule has 5 heteroatoms. The van der Waals surface area contributed by atoms with E-state index in [1.54, 1.807) is 36.4 Å². The molecule has 0 aliphatic heterocycles. The molecule has 0 spiro atoms. The molecule has 0 bridgehead atoms. The molecule has 0 amide bonds. The lowest BCUT2D eigenvalue weighted by Crippen LogP contribution is -1.97. The summed E-state index contributed by atoms with van der Waals surface area (Å²) in [6, 6.07) is 15.0. The van der Waals surface area contributed by atoms with E-state index >= 15 is 0 Å². The lowest BCUT2D eigenvalue weighted by molar-refractivity contribution is 0.598. The Labute approximate surface area is 118 Å².